The summed E-state index contributed by atoms with van der Waals surface area (Å²) in [4.78, 5) is 33.3. The number of amides is 1. The highest BCUT2D eigenvalue weighted by Crippen LogP contribution is 2.20. The molecular formula is C27H28N4O3. The number of hydrogen-bond donors (Lipinski definition) is 1. The SMILES string of the molecule is CCN(CC)c1nc2cc(C(=O)Nc3ccc(OC)cc3)ccc2c(=O)n1Cc1ccccc1. The standard InChI is InChI=1S/C27H28N4O3/c1-4-30(5-2)27-29-24-17-20(25(32)28-21-12-14-22(34-3)15-13-21)11-16-23(24)26(33)31(27)18-19-9-7-6-8-10-19/h6-17H,4-5,18H2,1-3H3,(H,28,32). The molecule has 0 saturated carbocycles. The van der Waals surface area contributed by atoms with E-state index in [4.69, 9.17) is 9.72 Å². The van der Waals surface area contributed by atoms with Crippen molar-refractivity contribution in [2.45, 2.75) is 20.4 Å². The van der Waals surface area contributed by atoms with Crippen LogP contribution in [0, 0.1) is 0 Å². The molecule has 0 radical (unpaired) electrons. The maximum Gasteiger partial charge on any atom is 0.263 e. The van der Waals surface area contributed by atoms with Gasteiger partial charge in [-0.05, 0) is 61.9 Å². The molecule has 0 aliphatic heterocycles. The number of hydrogen-bond acceptors (Lipinski definition) is 5. The monoisotopic (exact) mass is 456 g/mol. The Bertz CT molecular complexity index is 1340. The zero-order chi connectivity index (χ0) is 24.1. The van der Waals surface area contributed by atoms with Crippen LogP contribution in [0.5, 0.6) is 5.75 Å². The fourth-order valence-corrected chi connectivity index (χ4v) is 3.88. The Labute approximate surface area is 198 Å². The number of methoxy groups -OCH3 is 1. The molecule has 7 heteroatoms. The predicted octanol–water partition coefficient (Wildman–Crippen LogP) is 4.55. The molecule has 1 heterocycles. The van der Waals surface area contributed by atoms with Gasteiger partial charge in [-0.1, -0.05) is 30.3 Å². The van der Waals surface area contributed by atoms with Crippen molar-refractivity contribution in [1.29, 1.82) is 0 Å². The molecule has 174 valence electrons. The normalized spacial score (nSPS) is 10.8. The van der Waals surface area contributed by atoms with Crippen LogP contribution < -0.4 is 20.5 Å². The molecule has 0 unspecified atom stereocenters. The minimum Gasteiger partial charge on any atom is -0.497 e. The number of nitrogens with one attached hydrogen (secondary N) is 1. The fraction of sp³-hybridized carbons (Fsp3) is 0.222. The summed E-state index contributed by atoms with van der Waals surface area (Å²) < 4.78 is 6.87. The molecule has 4 aromatic rings. The lowest BCUT2D eigenvalue weighted by atomic mass is 10.1. The number of carbonyl (C=O) groups is 1. The zero-order valence-electron chi connectivity index (χ0n) is 19.6. The molecule has 0 aliphatic rings. The second-order valence-corrected chi connectivity index (χ2v) is 7.88. The van der Waals surface area contributed by atoms with Gasteiger partial charge in [0.15, 0.2) is 0 Å². The smallest absolute Gasteiger partial charge is 0.263 e. The number of nitrogens with zero attached hydrogens (tertiary/aromatic N) is 3. The topological polar surface area (TPSA) is 76.5 Å². The third kappa shape index (κ3) is 4.78. The van der Waals surface area contributed by atoms with Crippen LogP contribution in [0.15, 0.2) is 77.6 Å². The van der Waals surface area contributed by atoms with E-state index in [0.717, 1.165) is 5.56 Å². The number of anilines is 2. The Kier molecular flexibility index (Phi) is 6.92. The first-order valence-electron chi connectivity index (χ1n) is 11.3. The molecule has 0 aliphatic carbocycles. The van der Waals surface area contributed by atoms with E-state index in [1.807, 2.05) is 49.1 Å². The van der Waals surface area contributed by atoms with Crippen LogP contribution in [0.1, 0.15) is 29.8 Å². The van der Waals surface area contributed by atoms with Gasteiger partial charge in [-0.2, -0.15) is 0 Å². The van der Waals surface area contributed by atoms with Gasteiger partial charge >= 0.3 is 0 Å². The van der Waals surface area contributed by atoms with Crippen molar-refractivity contribution < 1.29 is 9.53 Å². The van der Waals surface area contributed by atoms with Gasteiger partial charge in [-0.3, -0.25) is 14.2 Å². The first-order chi connectivity index (χ1) is 16.5. The highest BCUT2D eigenvalue weighted by atomic mass is 16.5. The van der Waals surface area contributed by atoms with Crippen molar-refractivity contribution >= 4 is 28.4 Å². The first kappa shape index (κ1) is 23.0. The van der Waals surface area contributed by atoms with Crippen molar-refractivity contribution in [2.75, 3.05) is 30.4 Å². The Morgan fingerprint density at radius 3 is 2.35 bits per heavy atom. The van der Waals surface area contributed by atoms with E-state index < -0.39 is 0 Å². The minimum atomic E-state index is -0.272. The Balaban J connectivity index is 1.73. The molecule has 1 aromatic heterocycles. The van der Waals surface area contributed by atoms with E-state index in [-0.39, 0.29) is 11.5 Å². The second-order valence-electron chi connectivity index (χ2n) is 7.88. The summed E-state index contributed by atoms with van der Waals surface area (Å²) in [5.74, 6) is 1.04. The Morgan fingerprint density at radius 2 is 1.71 bits per heavy atom. The quantitative estimate of drug-likeness (QED) is 0.421. The zero-order valence-corrected chi connectivity index (χ0v) is 19.6. The molecule has 0 bridgehead atoms. The van der Waals surface area contributed by atoms with Crippen LogP contribution in [0.4, 0.5) is 11.6 Å². The summed E-state index contributed by atoms with van der Waals surface area (Å²) in [5.41, 5.74) is 2.48. The van der Waals surface area contributed by atoms with Crippen LogP contribution in [0.3, 0.4) is 0 Å². The van der Waals surface area contributed by atoms with Crippen molar-refractivity contribution in [3.63, 3.8) is 0 Å². The van der Waals surface area contributed by atoms with Crippen LogP contribution in [0.2, 0.25) is 0 Å². The van der Waals surface area contributed by atoms with Crippen LogP contribution >= 0.6 is 0 Å². The third-order valence-corrected chi connectivity index (χ3v) is 5.78. The first-order valence-corrected chi connectivity index (χ1v) is 11.3. The van der Waals surface area contributed by atoms with E-state index in [2.05, 4.69) is 5.32 Å². The molecule has 4 rings (SSSR count). The molecule has 0 fully saturated rings. The molecular weight excluding hydrogens is 428 g/mol. The summed E-state index contributed by atoms with van der Waals surface area (Å²) in [6.07, 6.45) is 0. The lowest BCUT2D eigenvalue weighted by Gasteiger charge is -2.24. The second kappa shape index (κ2) is 10.2. The summed E-state index contributed by atoms with van der Waals surface area (Å²) in [6.45, 7) is 5.91. The molecule has 1 N–H and O–H groups in total. The number of carbonyl (C=O) groups excluding carboxylic acids is 1. The van der Waals surface area contributed by atoms with Gasteiger partial charge in [-0.25, -0.2) is 4.98 Å². The average molecular weight is 457 g/mol. The van der Waals surface area contributed by atoms with Gasteiger partial charge in [-0.15, -0.1) is 0 Å². The molecule has 3 aromatic carbocycles. The molecule has 7 nitrogen and oxygen atoms in total. The lowest BCUT2D eigenvalue weighted by Crippen LogP contribution is -2.33. The Hall–Kier alpha value is -4.13. The fourth-order valence-electron chi connectivity index (χ4n) is 3.88. The Morgan fingerprint density at radius 1 is 1.00 bits per heavy atom. The highest BCUT2D eigenvalue weighted by Gasteiger charge is 2.17. The van der Waals surface area contributed by atoms with Gasteiger partial charge < -0.3 is 15.0 Å². The molecule has 0 atom stereocenters. The van der Waals surface area contributed by atoms with E-state index in [0.29, 0.717) is 53.5 Å². The number of benzene rings is 3. The minimum absolute atomic E-state index is 0.127. The van der Waals surface area contributed by atoms with E-state index in [1.54, 1.807) is 54.1 Å². The number of fused-ring (bicyclic) bond motifs is 1. The molecule has 1 amide bonds. The predicted molar refractivity (Wildman–Crippen MR) is 136 cm³/mol. The summed E-state index contributed by atoms with van der Waals surface area (Å²) in [6, 6.07) is 22.0. The van der Waals surface area contributed by atoms with Gasteiger partial charge in [0.05, 0.1) is 24.6 Å². The number of rotatable bonds is 8. The number of aromatic nitrogens is 2. The van der Waals surface area contributed by atoms with Gasteiger partial charge in [0.1, 0.15) is 5.75 Å². The van der Waals surface area contributed by atoms with Crippen molar-refractivity contribution in [3.05, 3.63) is 94.3 Å². The highest BCUT2D eigenvalue weighted by molar-refractivity contribution is 6.06. The van der Waals surface area contributed by atoms with Gasteiger partial charge in [0.25, 0.3) is 11.5 Å². The summed E-state index contributed by atoms with van der Waals surface area (Å²) in [7, 11) is 1.59. The average Bonchev–Trinajstić information content (AvgIpc) is 2.87. The van der Waals surface area contributed by atoms with Gasteiger partial charge in [0.2, 0.25) is 5.95 Å². The number of ether oxygens (including phenoxy) is 1. The molecule has 0 saturated heterocycles. The maximum atomic E-state index is 13.5. The lowest BCUT2D eigenvalue weighted by molar-refractivity contribution is 0.102. The van der Waals surface area contributed by atoms with Crippen molar-refractivity contribution in [1.82, 2.24) is 9.55 Å². The van der Waals surface area contributed by atoms with E-state index in [9.17, 15) is 9.59 Å². The van der Waals surface area contributed by atoms with E-state index in [1.165, 1.54) is 0 Å². The summed E-state index contributed by atoms with van der Waals surface area (Å²) in [5, 5.41) is 3.36. The van der Waals surface area contributed by atoms with Crippen molar-refractivity contribution in [2.24, 2.45) is 0 Å². The van der Waals surface area contributed by atoms with Gasteiger partial charge in [0, 0.05) is 24.3 Å². The van der Waals surface area contributed by atoms with Crippen molar-refractivity contribution in [3.8, 4) is 5.75 Å². The van der Waals surface area contributed by atoms with E-state index >= 15 is 0 Å². The van der Waals surface area contributed by atoms with Crippen LogP contribution in [-0.4, -0.2) is 35.7 Å². The van der Waals surface area contributed by atoms with Crippen LogP contribution in [-0.2, 0) is 6.54 Å². The summed E-state index contributed by atoms with van der Waals surface area (Å²) >= 11 is 0. The maximum absolute atomic E-state index is 13.5. The third-order valence-electron chi connectivity index (χ3n) is 5.78. The van der Waals surface area contributed by atoms with Crippen LogP contribution in [0.25, 0.3) is 10.9 Å². The molecule has 0 spiro atoms. The molecule has 34 heavy (non-hydrogen) atoms. The largest absolute Gasteiger partial charge is 0.497 e.